The van der Waals surface area contributed by atoms with Crippen LogP contribution in [0.25, 0.3) is 0 Å². The summed E-state index contributed by atoms with van der Waals surface area (Å²) in [5.41, 5.74) is -0.401. The predicted molar refractivity (Wildman–Crippen MR) is 86.3 cm³/mol. The zero-order valence-corrected chi connectivity index (χ0v) is 13.7. The van der Waals surface area contributed by atoms with Gasteiger partial charge in [0.2, 0.25) is 5.91 Å². The maximum absolute atomic E-state index is 13.5. The third-order valence-corrected chi connectivity index (χ3v) is 3.88. The van der Waals surface area contributed by atoms with E-state index in [0.29, 0.717) is 11.9 Å². The summed E-state index contributed by atoms with van der Waals surface area (Å²) in [5.74, 6) is -3.78. The predicted octanol–water partition coefficient (Wildman–Crippen LogP) is 2.35. The highest BCUT2D eigenvalue weighted by Crippen LogP contribution is 2.19. The second kappa shape index (κ2) is 8.03. The Balaban J connectivity index is 1.91. The fourth-order valence-corrected chi connectivity index (χ4v) is 2.69. The number of amides is 1. The smallest absolute Gasteiger partial charge is 0.243 e. The van der Waals surface area contributed by atoms with Crippen LogP contribution in [0, 0.1) is 23.4 Å². The topological polar surface area (TPSA) is 56.7 Å². The van der Waals surface area contributed by atoms with Gasteiger partial charge in [-0.25, -0.2) is 13.2 Å². The molecular formula is C16H21F3N4O. The third-order valence-electron chi connectivity index (χ3n) is 3.88. The second-order valence-electron chi connectivity index (χ2n) is 5.87. The monoisotopic (exact) mass is 342 g/mol. The van der Waals surface area contributed by atoms with E-state index >= 15 is 0 Å². The molecule has 1 aliphatic heterocycles. The van der Waals surface area contributed by atoms with Gasteiger partial charge in [0, 0.05) is 20.1 Å². The Labute approximate surface area is 138 Å². The molecule has 2 N–H and O–H groups in total. The second-order valence-corrected chi connectivity index (χ2v) is 5.87. The molecule has 0 aromatic heterocycles. The minimum Gasteiger partial charge on any atom is -0.347 e. The first-order valence-corrected chi connectivity index (χ1v) is 7.81. The normalized spacial score (nSPS) is 18.5. The molecule has 1 aliphatic rings. The molecule has 0 radical (unpaired) electrons. The van der Waals surface area contributed by atoms with Crippen LogP contribution >= 0.6 is 0 Å². The van der Waals surface area contributed by atoms with Crippen LogP contribution in [-0.2, 0) is 4.79 Å². The maximum atomic E-state index is 13.5. The molecule has 2 rings (SSSR count). The van der Waals surface area contributed by atoms with E-state index in [1.807, 2.05) is 0 Å². The van der Waals surface area contributed by atoms with Crippen molar-refractivity contribution in [3.05, 3.63) is 29.6 Å². The Morgan fingerprint density at radius 3 is 2.75 bits per heavy atom. The third kappa shape index (κ3) is 4.39. The summed E-state index contributed by atoms with van der Waals surface area (Å²) in [7, 11) is 1.62. The fraction of sp³-hybridized carbons (Fsp3) is 0.500. The van der Waals surface area contributed by atoms with Gasteiger partial charge in [0.15, 0.2) is 23.4 Å². The lowest BCUT2D eigenvalue weighted by Gasteiger charge is -2.33. The van der Waals surface area contributed by atoms with Crippen molar-refractivity contribution in [1.82, 2.24) is 10.2 Å². The molecular weight excluding hydrogens is 321 g/mol. The number of rotatable bonds is 3. The summed E-state index contributed by atoms with van der Waals surface area (Å²) in [6.45, 7) is 3.69. The van der Waals surface area contributed by atoms with Crippen molar-refractivity contribution in [2.24, 2.45) is 10.9 Å². The molecule has 1 fully saturated rings. The molecule has 1 saturated heterocycles. The Morgan fingerprint density at radius 2 is 2.08 bits per heavy atom. The molecule has 132 valence electrons. The number of guanidine groups is 1. The molecule has 0 spiro atoms. The van der Waals surface area contributed by atoms with Gasteiger partial charge in [0.1, 0.15) is 0 Å². The first-order valence-electron chi connectivity index (χ1n) is 7.81. The van der Waals surface area contributed by atoms with Crippen LogP contribution in [0.2, 0.25) is 0 Å². The van der Waals surface area contributed by atoms with Crippen LogP contribution in [0.5, 0.6) is 0 Å². The van der Waals surface area contributed by atoms with Gasteiger partial charge in [-0.3, -0.25) is 9.79 Å². The van der Waals surface area contributed by atoms with E-state index in [1.54, 1.807) is 7.05 Å². The minimum atomic E-state index is -1.61. The van der Waals surface area contributed by atoms with Crippen molar-refractivity contribution in [2.75, 3.05) is 32.0 Å². The summed E-state index contributed by atoms with van der Waals surface area (Å²) in [5, 5.41) is 5.11. The molecule has 1 atom stereocenters. The number of benzene rings is 1. The Kier molecular flexibility index (Phi) is 6.05. The van der Waals surface area contributed by atoms with Gasteiger partial charge in [-0.05, 0) is 30.9 Å². The summed E-state index contributed by atoms with van der Waals surface area (Å²) >= 11 is 0. The lowest BCUT2D eigenvalue weighted by atomic mass is 10.0. The number of nitrogens with zero attached hydrogens (tertiary/aromatic N) is 2. The number of carbonyl (C=O) groups excluding carboxylic acids is 1. The Bertz CT molecular complexity index is 636. The molecule has 5 nitrogen and oxygen atoms in total. The SMILES string of the molecule is CN=C(NCC(=O)Nc1ccc(F)c(F)c1F)N1CCCC(C)C1. The molecule has 24 heavy (non-hydrogen) atoms. The Morgan fingerprint density at radius 1 is 1.33 bits per heavy atom. The van der Waals surface area contributed by atoms with E-state index in [0.717, 1.165) is 38.1 Å². The van der Waals surface area contributed by atoms with Crippen molar-refractivity contribution in [3.63, 3.8) is 0 Å². The molecule has 1 aromatic rings. The minimum absolute atomic E-state index is 0.157. The Hall–Kier alpha value is -2.25. The molecule has 1 heterocycles. The van der Waals surface area contributed by atoms with E-state index < -0.39 is 29.0 Å². The number of hydrogen-bond acceptors (Lipinski definition) is 2. The van der Waals surface area contributed by atoms with E-state index in [-0.39, 0.29) is 6.54 Å². The molecule has 1 unspecified atom stereocenters. The van der Waals surface area contributed by atoms with Crippen molar-refractivity contribution in [3.8, 4) is 0 Å². The molecule has 1 amide bonds. The highest BCUT2D eigenvalue weighted by molar-refractivity contribution is 5.95. The number of nitrogens with one attached hydrogen (secondary N) is 2. The largest absolute Gasteiger partial charge is 0.347 e. The summed E-state index contributed by atoms with van der Waals surface area (Å²) in [6, 6.07) is 1.74. The van der Waals surface area contributed by atoms with Crippen LogP contribution < -0.4 is 10.6 Å². The van der Waals surface area contributed by atoms with E-state index in [2.05, 4.69) is 27.4 Å². The molecule has 0 aliphatic carbocycles. The quantitative estimate of drug-likeness (QED) is 0.504. The molecule has 0 bridgehead atoms. The van der Waals surface area contributed by atoms with Gasteiger partial charge < -0.3 is 15.5 Å². The van der Waals surface area contributed by atoms with Crippen LogP contribution in [0.15, 0.2) is 17.1 Å². The lowest BCUT2D eigenvalue weighted by molar-refractivity contribution is -0.115. The summed E-state index contributed by atoms with van der Waals surface area (Å²) in [4.78, 5) is 18.1. The summed E-state index contributed by atoms with van der Waals surface area (Å²) in [6.07, 6.45) is 2.21. The number of likely N-dealkylation sites (tertiary alicyclic amines) is 1. The molecule has 8 heteroatoms. The van der Waals surface area contributed by atoms with E-state index in [9.17, 15) is 18.0 Å². The van der Waals surface area contributed by atoms with Gasteiger partial charge in [0.05, 0.1) is 12.2 Å². The fourth-order valence-electron chi connectivity index (χ4n) is 2.69. The van der Waals surface area contributed by atoms with Gasteiger partial charge in [-0.2, -0.15) is 0 Å². The van der Waals surface area contributed by atoms with Crippen molar-refractivity contribution in [1.29, 1.82) is 0 Å². The zero-order valence-electron chi connectivity index (χ0n) is 13.7. The van der Waals surface area contributed by atoms with Gasteiger partial charge in [-0.15, -0.1) is 0 Å². The average molecular weight is 342 g/mol. The molecule has 0 saturated carbocycles. The first-order chi connectivity index (χ1) is 11.4. The lowest BCUT2D eigenvalue weighted by Crippen LogP contribution is -2.48. The van der Waals surface area contributed by atoms with Crippen molar-refractivity contribution in [2.45, 2.75) is 19.8 Å². The molecule has 1 aromatic carbocycles. The number of halogens is 3. The van der Waals surface area contributed by atoms with Crippen LogP contribution in [0.3, 0.4) is 0 Å². The maximum Gasteiger partial charge on any atom is 0.243 e. The number of anilines is 1. The van der Waals surface area contributed by atoms with Crippen LogP contribution in [0.4, 0.5) is 18.9 Å². The number of aliphatic imine (C=N–C) groups is 1. The van der Waals surface area contributed by atoms with E-state index in [4.69, 9.17) is 0 Å². The first kappa shape index (κ1) is 18.1. The van der Waals surface area contributed by atoms with Gasteiger partial charge in [0.25, 0.3) is 0 Å². The standard InChI is InChI=1S/C16H21F3N4O/c1-10-4-3-7-23(9-10)16(20-2)21-8-13(24)22-12-6-5-11(17)14(18)15(12)19/h5-6,10H,3-4,7-9H2,1-2H3,(H,20,21)(H,22,24). The van der Waals surface area contributed by atoms with Crippen molar-refractivity contribution < 1.29 is 18.0 Å². The van der Waals surface area contributed by atoms with Crippen LogP contribution in [0.1, 0.15) is 19.8 Å². The number of hydrogen-bond donors (Lipinski definition) is 2. The number of piperidine rings is 1. The van der Waals surface area contributed by atoms with Crippen molar-refractivity contribution >= 4 is 17.6 Å². The van der Waals surface area contributed by atoms with Crippen LogP contribution in [-0.4, -0.2) is 43.4 Å². The highest BCUT2D eigenvalue weighted by atomic mass is 19.2. The summed E-state index contributed by atoms with van der Waals surface area (Å²) < 4.78 is 39.6. The highest BCUT2D eigenvalue weighted by Gasteiger charge is 2.20. The van der Waals surface area contributed by atoms with Gasteiger partial charge in [-0.1, -0.05) is 6.92 Å². The van der Waals surface area contributed by atoms with E-state index in [1.165, 1.54) is 0 Å². The number of carbonyl (C=O) groups is 1. The average Bonchev–Trinajstić information content (AvgIpc) is 2.56. The van der Waals surface area contributed by atoms with Gasteiger partial charge >= 0.3 is 0 Å². The zero-order chi connectivity index (χ0) is 17.7.